The zero-order valence-corrected chi connectivity index (χ0v) is 35.7. The molecule has 6 rings (SSSR count). The SMILES string of the molecule is C=CCCC(=O)N(C)[C@@H](CCOc1ccccc1Cl)C(=O)O[C@H]1[C@@H](O)[C@H](n2cnc3c(N)ncnc32)O[C@@H]1COP(=O)(O)[C@H]1[C@@H](O)[C@H](n2ccc(N)nc2=O)O[C@@H]1COP(=O)(O)O. The molecule has 5 heterocycles. The smallest absolute Gasteiger partial charge is 0.469 e. The van der Waals surface area contributed by atoms with E-state index in [1.54, 1.807) is 24.3 Å². The Morgan fingerprint density at radius 2 is 1.71 bits per heavy atom. The van der Waals surface area contributed by atoms with E-state index >= 15 is 0 Å². The maximum atomic E-state index is 14.2. The quantitative estimate of drug-likeness (QED) is 0.0377. The second kappa shape index (κ2) is 19.9. The van der Waals surface area contributed by atoms with E-state index < -0.39 is 101 Å². The highest BCUT2D eigenvalue weighted by Gasteiger charge is 2.56. The number of fused-ring (bicyclic) bond motifs is 1. The number of para-hydroxylation sites is 1. The van der Waals surface area contributed by atoms with Crippen LogP contribution in [-0.4, -0.2) is 140 Å². The molecule has 10 atom stereocenters. The number of anilines is 2. The predicted octanol–water partition coefficient (Wildman–Crippen LogP) is 0.272. The van der Waals surface area contributed by atoms with Gasteiger partial charge in [-0.25, -0.2) is 29.1 Å². The number of halogens is 1. The number of allylic oxidation sites excluding steroid dienone is 1. The summed E-state index contributed by atoms with van der Waals surface area (Å²) in [4.78, 5) is 87.2. The van der Waals surface area contributed by atoms with E-state index in [4.69, 9.17) is 46.5 Å². The highest BCUT2D eigenvalue weighted by atomic mass is 35.5. The topological polar surface area (TPSA) is 359 Å². The first-order chi connectivity index (χ1) is 29.8. The van der Waals surface area contributed by atoms with Crippen LogP contribution < -0.4 is 21.9 Å². The number of nitrogens with zero attached hydrogens (tertiary/aromatic N) is 7. The fraction of sp³-hybridized carbons (Fsp3) is 0.457. The molecule has 342 valence electrons. The lowest BCUT2D eigenvalue weighted by atomic mass is 10.1. The number of ether oxygens (including phenoxy) is 4. The molecule has 0 aliphatic carbocycles. The molecule has 2 aliphatic rings. The second-order valence-corrected chi connectivity index (χ2v) is 17.8. The minimum absolute atomic E-state index is 0.0193. The summed E-state index contributed by atoms with van der Waals surface area (Å²) in [5.74, 6) is -1.45. The van der Waals surface area contributed by atoms with Crippen LogP contribution in [-0.2, 0) is 42.0 Å². The number of amides is 1. The number of nitrogens with two attached hydrogens (primary N) is 2. The van der Waals surface area contributed by atoms with Gasteiger partial charge in [-0.2, -0.15) is 4.98 Å². The van der Waals surface area contributed by atoms with E-state index in [0.717, 1.165) is 28.1 Å². The van der Waals surface area contributed by atoms with E-state index in [1.807, 2.05) is 0 Å². The van der Waals surface area contributed by atoms with Gasteiger partial charge in [0.25, 0.3) is 0 Å². The number of nitrogen functional groups attached to an aromatic ring is 2. The van der Waals surface area contributed by atoms with E-state index in [9.17, 15) is 48.4 Å². The van der Waals surface area contributed by atoms with Crippen molar-refractivity contribution in [1.82, 2.24) is 34.0 Å². The molecule has 1 amide bonds. The summed E-state index contributed by atoms with van der Waals surface area (Å²) < 4.78 is 61.2. The number of phosphoric ester groups is 1. The van der Waals surface area contributed by atoms with Gasteiger partial charge in [0.2, 0.25) is 5.91 Å². The van der Waals surface area contributed by atoms with Crippen LogP contribution >= 0.6 is 27.0 Å². The number of phosphoric acid groups is 1. The van der Waals surface area contributed by atoms with Gasteiger partial charge >= 0.3 is 27.1 Å². The minimum Gasteiger partial charge on any atom is -0.492 e. The third-order valence-corrected chi connectivity index (χ3v) is 12.8. The largest absolute Gasteiger partial charge is 0.492 e. The van der Waals surface area contributed by atoms with Crippen LogP contribution in [0.15, 0.2) is 66.6 Å². The van der Waals surface area contributed by atoms with Crippen LogP contribution in [0.3, 0.4) is 0 Å². The standard InChI is InChI=1S/C35H44ClN9O16P2/c1-3-4-9-24(46)43(2)19(11-13-56-20-8-6-5-7-18(20)36)34(49)61-28-21(59-32(26(28)47)45-17-41-25-30(38)39-16-40-31(25)45)14-57-62(51,52)29-22(15-58-63(53,54)55)60-33(27(29)48)44-12-10-23(37)42-35(44)50/h3,5-8,10,12,16-17,19,21-22,26-29,32-33,47-48H,1,4,9,11,13-15H2,2H3,(H,51,52)(H2,37,42,50)(H2,38,39,40)(H2,53,54,55)/t19-,21+,22+,26+,27+,28+,29+,32+,33+/m0/s1. The molecule has 0 radical (unpaired) electrons. The number of carbonyl (C=O) groups is 2. The van der Waals surface area contributed by atoms with Gasteiger partial charge in [0, 0.05) is 26.1 Å². The third-order valence-electron chi connectivity index (χ3n) is 10.1. The van der Waals surface area contributed by atoms with Crippen molar-refractivity contribution in [3.63, 3.8) is 0 Å². The Labute approximate surface area is 361 Å². The minimum atomic E-state index is -5.30. The fourth-order valence-corrected chi connectivity index (χ4v) is 9.12. The summed E-state index contributed by atoms with van der Waals surface area (Å²) in [7, 11) is -9.16. The number of aliphatic hydroxyl groups is 2. The van der Waals surface area contributed by atoms with E-state index in [-0.39, 0.29) is 53.7 Å². The molecule has 28 heteroatoms. The van der Waals surface area contributed by atoms with Crippen molar-refractivity contribution < 1.29 is 71.6 Å². The molecule has 0 saturated carbocycles. The average Bonchev–Trinajstić information content (AvgIpc) is 3.90. The molecule has 4 aromatic rings. The molecule has 2 aliphatic heterocycles. The van der Waals surface area contributed by atoms with Gasteiger partial charge in [0.15, 0.2) is 30.0 Å². The fourth-order valence-electron chi connectivity index (χ4n) is 6.94. The Balaban J connectivity index is 1.29. The molecule has 2 fully saturated rings. The predicted molar refractivity (Wildman–Crippen MR) is 217 cm³/mol. The van der Waals surface area contributed by atoms with Gasteiger partial charge in [-0.1, -0.05) is 29.8 Å². The molecule has 2 saturated heterocycles. The maximum Gasteiger partial charge on any atom is 0.469 e. The lowest BCUT2D eigenvalue weighted by molar-refractivity contribution is -0.165. The zero-order chi connectivity index (χ0) is 45.8. The summed E-state index contributed by atoms with van der Waals surface area (Å²) in [6.07, 6.45) is -7.25. The van der Waals surface area contributed by atoms with Crippen LogP contribution in [0.4, 0.5) is 11.6 Å². The van der Waals surface area contributed by atoms with Gasteiger partial charge < -0.3 is 64.7 Å². The summed E-state index contributed by atoms with van der Waals surface area (Å²) in [5.41, 5.74) is 8.62. The number of hydrogen-bond donors (Lipinski definition) is 7. The molecule has 1 aromatic carbocycles. The number of rotatable bonds is 19. The number of imidazole rings is 1. The number of carbonyl (C=O) groups excluding carboxylic acids is 2. The molecular weight excluding hydrogens is 900 g/mol. The Morgan fingerprint density at radius 1 is 1.02 bits per heavy atom. The van der Waals surface area contributed by atoms with Crippen molar-refractivity contribution in [2.24, 2.45) is 0 Å². The van der Waals surface area contributed by atoms with Gasteiger partial charge in [-0.15, -0.1) is 6.58 Å². The van der Waals surface area contributed by atoms with Crippen molar-refractivity contribution in [2.75, 3.05) is 38.3 Å². The van der Waals surface area contributed by atoms with Gasteiger partial charge in [-0.05, 0) is 24.6 Å². The number of aliphatic hydroxyl groups excluding tert-OH is 2. The Bertz CT molecular complexity index is 2460. The van der Waals surface area contributed by atoms with Gasteiger partial charge in [-0.3, -0.25) is 23.0 Å². The van der Waals surface area contributed by atoms with Crippen molar-refractivity contribution in [3.05, 3.63) is 77.3 Å². The van der Waals surface area contributed by atoms with Crippen LogP contribution in [0.25, 0.3) is 11.2 Å². The first-order valence-electron chi connectivity index (χ1n) is 18.9. The molecule has 9 N–H and O–H groups in total. The number of hydrogen-bond acceptors (Lipinski definition) is 19. The third kappa shape index (κ3) is 10.9. The molecular formula is C35H44ClN9O16P2. The first kappa shape index (κ1) is 47.6. The van der Waals surface area contributed by atoms with Crippen molar-refractivity contribution >= 4 is 61.7 Å². The van der Waals surface area contributed by atoms with Gasteiger partial charge in [0.1, 0.15) is 59.5 Å². The van der Waals surface area contributed by atoms with Crippen molar-refractivity contribution in [1.29, 1.82) is 0 Å². The highest BCUT2D eigenvalue weighted by Crippen LogP contribution is 2.56. The van der Waals surface area contributed by atoms with E-state index in [0.29, 0.717) is 5.75 Å². The summed E-state index contributed by atoms with van der Waals surface area (Å²) in [5, 5.41) is 23.5. The Morgan fingerprint density at radius 3 is 2.41 bits per heavy atom. The highest BCUT2D eigenvalue weighted by molar-refractivity contribution is 7.53. The van der Waals surface area contributed by atoms with E-state index in [2.05, 4.69) is 31.0 Å². The molecule has 0 bridgehead atoms. The van der Waals surface area contributed by atoms with E-state index in [1.165, 1.54) is 24.0 Å². The number of benzene rings is 1. The summed E-state index contributed by atoms with van der Waals surface area (Å²) >= 11 is 6.24. The van der Waals surface area contributed by atoms with Gasteiger partial charge in [0.05, 0.1) is 31.2 Å². The normalized spacial score (nSPS) is 25.1. The molecule has 1 unspecified atom stereocenters. The number of likely N-dealkylation sites (N-methyl/N-ethyl adjacent to an activating group) is 1. The zero-order valence-electron chi connectivity index (χ0n) is 33.1. The first-order valence-corrected chi connectivity index (χ1v) is 22.4. The Kier molecular flexibility index (Phi) is 15.0. The average molecular weight is 944 g/mol. The monoisotopic (exact) mass is 943 g/mol. The molecule has 25 nitrogen and oxygen atoms in total. The van der Waals surface area contributed by atoms with Crippen molar-refractivity contribution in [3.8, 4) is 5.75 Å². The van der Waals surface area contributed by atoms with Crippen LogP contribution in [0.5, 0.6) is 5.75 Å². The number of aromatic nitrogens is 6. The van der Waals surface area contributed by atoms with Crippen molar-refractivity contribution in [2.45, 2.75) is 73.9 Å². The van der Waals surface area contributed by atoms with Crippen LogP contribution in [0.1, 0.15) is 31.7 Å². The Hall–Kier alpha value is -4.88. The lowest BCUT2D eigenvalue weighted by Crippen LogP contribution is -2.48. The maximum absolute atomic E-state index is 14.2. The summed E-state index contributed by atoms with van der Waals surface area (Å²) in [6.45, 7) is 1.43. The molecule has 3 aromatic heterocycles. The van der Waals surface area contributed by atoms with Crippen LogP contribution in [0.2, 0.25) is 5.02 Å². The lowest BCUT2D eigenvalue weighted by Gasteiger charge is -2.30. The molecule has 63 heavy (non-hydrogen) atoms. The number of esters is 1. The molecule has 0 spiro atoms. The van der Waals surface area contributed by atoms with Crippen LogP contribution in [0, 0.1) is 0 Å². The second-order valence-electron chi connectivity index (χ2n) is 14.2. The summed E-state index contributed by atoms with van der Waals surface area (Å²) in [6, 6.07) is 6.39.